The lowest BCUT2D eigenvalue weighted by molar-refractivity contribution is 0.150. The van der Waals surface area contributed by atoms with Crippen LogP contribution in [-0.4, -0.2) is 38.5 Å². The van der Waals surface area contributed by atoms with E-state index in [2.05, 4.69) is 19.2 Å². The molecule has 0 aliphatic heterocycles. The van der Waals surface area contributed by atoms with E-state index < -0.39 is 0 Å². The van der Waals surface area contributed by atoms with Crippen LogP contribution in [0, 0.1) is 5.41 Å². The molecule has 0 aromatic heterocycles. The van der Waals surface area contributed by atoms with Crippen molar-refractivity contribution in [2.24, 2.45) is 5.41 Å². The van der Waals surface area contributed by atoms with Crippen molar-refractivity contribution in [3.63, 3.8) is 0 Å². The number of hydrogen-bond acceptors (Lipinski definition) is 3. The number of aliphatic hydroxyl groups is 1. The number of hydrogen-bond donors (Lipinski definition) is 2. The zero-order valence-electron chi connectivity index (χ0n) is 9.10. The van der Waals surface area contributed by atoms with Crippen molar-refractivity contribution in [3.8, 4) is 0 Å². The predicted octanol–water partition coefficient (Wildman–Crippen LogP) is 1.02. The molecule has 80 valence electrons. The quantitative estimate of drug-likeness (QED) is 0.560. The van der Waals surface area contributed by atoms with Crippen LogP contribution in [0.15, 0.2) is 0 Å². The van der Waals surface area contributed by atoms with E-state index in [9.17, 15) is 0 Å². The van der Waals surface area contributed by atoms with E-state index in [0.29, 0.717) is 0 Å². The van der Waals surface area contributed by atoms with E-state index in [0.717, 1.165) is 32.5 Å². The summed E-state index contributed by atoms with van der Waals surface area (Å²) in [7, 11) is 1.73. The lowest BCUT2D eigenvalue weighted by atomic mass is 9.90. The van der Waals surface area contributed by atoms with Crippen molar-refractivity contribution in [1.82, 2.24) is 5.32 Å². The van der Waals surface area contributed by atoms with Gasteiger partial charge in [0.1, 0.15) is 0 Å². The monoisotopic (exact) mass is 189 g/mol. The smallest absolute Gasteiger partial charge is 0.0467 e. The van der Waals surface area contributed by atoms with Gasteiger partial charge in [0.15, 0.2) is 0 Å². The molecule has 0 saturated heterocycles. The first-order valence-electron chi connectivity index (χ1n) is 4.93. The minimum atomic E-state index is 0.269. The van der Waals surface area contributed by atoms with Gasteiger partial charge in [-0.1, -0.05) is 13.8 Å². The van der Waals surface area contributed by atoms with Gasteiger partial charge in [0.2, 0.25) is 0 Å². The highest BCUT2D eigenvalue weighted by Gasteiger charge is 2.16. The summed E-state index contributed by atoms with van der Waals surface area (Å²) >= 11 is 0. The summed E-state index contributed by atoms with van der Waals surface area (Å²) in [4.78, 5) is 0. The fourth-order valence-corrected chi connectivity index (χ4v) is 1.10. The Kier molecular flexibility index (Phi) is 7.23. The standard InChI is InChI=1S/C10H23NO2/c1-10(2,5-8-13-3)9-11-6-4-7-12/h11-12H,4-9H2,1-3H3. The van der Waals surface area contributed by atoms with E-state index >= 15 is 0 Å². The lowest BCUT2D eigenvalue weighted by Crippen LogP contribution is -2.31. The average Bonchev–Trinajstić information content (AvgIpc) is 2.09. The fraction of sp³-hybridized carbons (Fsp3) is 1.00. The Labute approximate surface area is 81.5 Å². The van der Waals surface area contributed by atoms with Crippen LogP contribution in [0.5, 0.6) is 0 Å². The van der Waals surface area contributed by atoms with E-state index in [1.54, 1.807) is 7.11 Å². The van der Waals surface area contributed by atoms with Crippen molar-refractivity contribution in [3.05, 3.63) is 0 Å². The SMILES string of the molecule is COCCC(C)(C)CNCCCO. The molecule has 0 aromatic carbocycles. The highest BCUT2D eigenvalue weighted by Crippen LogP contribution is 2.18. The van der Waals surface area contributed by atoms with E-state index in [1.807, 2.05) is 0 Å². The fourth-order valence-electron chi connectivity index (χ4n) is 1.10. The number of nitrogens with one attached hydrogen (secondary N) is 1. The summed E-state index contributed by atoms with van der Waals surface area (Å²) in [5.74, 6) is 0. The topological polar surface area (TPSA) is 41.5 Å². The van der Waals surface area contributed by atoms with Gasteiger partial charge in [-0.15, -0.1) is 0 Å². The Balaban J connectivity index is 3.39. The van der Waals surface area contributed by atoms with Crippen molar-refractivity contribution < 1.29 is 9.84 Å². The normalized spacial score (nSPS) is 12.0. The van der Waals surface area contributed by atoms with E-state index in [1.165, 1.54) is 0 Å². The summed E-state index contributed by atoms with van der Waals surface area (Å²) < 4.78 is 5.04. The van der Waals surface area contributed by atoms with Gasteiger partial charge < -0.3 is 15.2 Å². The molecule has 0 bridgehead atoms. The van der Waals surface area contributed by atoms with Crippen LogP contribution in [0.4, 0.5) is 0 Å². The second-order valence-corrected chi connectivity index (χ2v) is 4.16. The summed E-state index contributed by atoms with van der Waals surface area (Å²) in [6.07, 6.45) is 1.90. The van der Waals surface area contributed by atoms with Crippen LogP contribution in [0.2, 0.25) is 0 Å². The van der Waals surface area contributed by atoms with Gasteiger partial charge in [-0.05, 0) is 24.8 Å². The van der Waals surface area contributed by atoms with Crippen LogP contribution in [0.25, 0.3) is 0 Å². The Morgan fingerprint density at radius 1 is 1.38 bits per heavy atom. The molecule has 0 spiro atoms. The summed E-state index contributed by atoms with van der Waals surface area (Å²) in [5, 5.41) is 11.9. The van der Waals surface area contributed by atoms with Gasteiger partial charge in [0, 0.05) is 26.9 Å². The second-order valence-electron chi connectivity index (χ2n) is 4.16. The highest BCUT2D eigenvalue weighted by molar-refractivity contribution is 4.71. The first-order valence-corrected chi connectivity index (χ1v) is 4.93. The molecule has 0 fully saturated rings. The molecule has 3 nitrogen and oxygen atoms in total. The molecule has 0 radical (unpaired) electrons. The van der Waals surface area contributed by atoms with Crippen molar-refractivity contribution in [2.75, 3.05) is 33.4 Å². The molecule has 0 aliphatic rings. The van der Waals surface area contributed by atoms with Crippen molar-refractivity contribution in [1.29, 1.82) is 0 Å². The van der Waals surface area contributed by atoms with E-state index in [-0.39, 0.29) is 12.0 Å². The minimum Gasteiger partial charge on any atom is -0.396 e. The molecule has 0 saturated carbocycles. The first kappa shape index (κ1) is 12.9. The zero-order chi connectivity index (χ0) is 10.2. The van der Waals surface area contributed by atoms with Crippen LogP contribution >= 0.6 is 0 Å². The largest absolute Gasteiger partial charge is 0.396 e. The molecule has 3 heteroatoms. The second kappa shape index (κ2) is 7.30. The third-order valence-electron chi connectivity index (χ3n) is 2.10. The third kappa shape index (κ3) is 8.22. The van der Waals surface area contributed by atoms with Crippen LogP contribution in [0.1, 0.15) is 26.7 Å². The maximum atomic E-state index is 8.58. The number of methoxy groups -OCH3 is 1. The molecule has 0 aliphatic carbocycles. The van der Waals surface area contributed by atoms with Gasteiger partial charge in [-0.3, -0.25) is 0 Å². The third-order valence-corrected chi connectivity index (χ3v) is 2.10. The molecular weight excluding hydrogens is 166 g/mol. The summed E-state index contributed by atoms with van der Waals surface area (Å²) in [6.45, 7) is 7.40. The summed E-state index contributed by atoms with van der Waals surface area (Å²) in [5.41, 5.74) is 0.283. The Morgan fingerprint density at radius 2 is 2.08 bits per heavy atom. The van der Waals surface area contributed by atoms with Gasteiger partial charge >= 0.3 is 0 Å². The predicted molar refractivity (Wildman–Crippen MR) is 54.8 cm³/mol. The van der Waals surface area contributed by atoms with Gasteiger partial charge in [0.25, 0.3) is 0 Å². The summed E-state index contributed by atoms with van der Waals surface area (Å²) in [6, 6.07) is 0. The molecule has 13 heavy (non-hydrogen) atoms. The van der Waals surface area contributed by atoms with Crippen LogP contribution in [0.3, 0.4) is 0 Å². The van der Waals surface area contributed by atoms with E-state index in [4.69, 9.17) is 9.84 Å². The minimum absolute atomic E-state index is 0.269. The zero-order valence-corrected chi connectivity index (χ0v) is 9.10. The highest BCUT2D eigenvalue weighted by atomic mass is 16.5. The Bertz CT molecular complexity index is 115. The molecule has 0 unspecified atom stereocenters. The number of ether oxygens (including phenoxy) is 1. The molecule has 0 amide bonds. The first-order chi connectivity index (χ1) is 6.12. The Hall–Kier alpha value is -0.120. The lowest BCUT2D eigenvalue weighted by Gasteiger charge is -2.24. The molecule has 0 aromatic rings. The van der Waals surface area contributed by atoms with Gasteiger partial charge in [0.05, 0.1) is 0 Å². The number of aliphatic hydroxyl groups excluding tert-OH is 1. The van der Waals surface area contributed by atoms with Gasteiger partial charge in [-0.25, -0.2) is 0 Å². The van der Waals surface area contributed by atoms with Crippen LogP contribution < -0.4 is 5.32 Å². The maximum absolute atomic E-state index is 8.58. The maximum Gasteiger partial charge on any atom is 0.0467 e. The molecule has 0 heterocycles. The van der Waals surface area contributed by atoms with Crippen LogP contribution in [-0.2, 0) is 4.74 Å². The van der Waals surface area contributed by atoms with Crippen molar-refractivity contribution >= 4 is 0 Å². The Morgan fingerprint density at radius 3 is 2.62 bits per heavy atom. The molecule has 2 N–H and O–H groups in total. The van der Waals surface area contributed by atoms with Gasteiger partial charge in [-0.2, -0.15) is 0 Å². The molecular formula is C10H23NO2. The molecule has 0 rings (SSSR count). The average molecular weight is 189 g/mol. The van der Waals surface area contributed by atoms with Crippen molar-refractivity contribution in [2.45, 2.75) is 26.7 Å². The number of rotatable bonds is 8. The molecule has 0 atom stereocenters.